The van der Waals surface area contributed by atoms with Gasteiger partial charge in [0.05, 0.1) is 24.9 Å². The second kappa shape index (κ2) is 5.17. The molecule has 1 aromatic carbocycles. The van der Waals surface area contributed by atoms with E-state index >= 15 is 0 Å². The molecule has 0 amide bonds. The number of nitrogens with one attached hydrogen (secondary N) is 1. The third kappa shape index (κ3) is 2.30. The van der Waals surface area contributed by atoms with Gasteiger partial charge in [-0.05, 0) is 31.0 Å². The van der Waals surface area contributed by atoms with Crippen LogP contribution in [0.25, 0.3) is 0 Å². The van der Waals surface area contributed by atoms with Gasteiger partial charge in [-0.1, -0.05) is 0 Å². The average molecular weight is 263 g/mol. The first-order valence-corrected chi connectivity index (χ1v) is 6.75. The summed E-state index contributed by atoms with van der Waals surface area (Å²) >= 11 is 0. The minimum absolute atomic E-state index is 0.0438. The maximum absolute atomic E-state index is 14.3. The molecular formula is C14H18FN3O. The van der Waals surface area contributed by atoms with Gasteiger partial charge in [0.15, 0.2) is 0 Å². The maximum Gasteiger partial charge on any atom is 0.147 e. The zero-order valence-corrected chi connectivity index (χ0v) is 10.8. The van der Waals surface area contributed by atoms with Crippen molar-refractivity contribution in [3.8, 4) is 0 Å². The number of aliphatic imine (C=N–C) groups is 1. The molecule has 1 saturated heterocycles. The fraction of sp³-hybridized carbons (Fsp3) is 0.500. The second-order valence-electron chi connectivity index (χ2n) is 5.00. The van der Waals surface area contributed by atoms with Crippen LogP contribution in [0.4, 0.5) is 10.1 Å². The molecule has 19 heavy (non-hydrogen) atoms. The second-order valence-corrected chi connectivity index (χ2v) is 5.00. The molecule has 1 unspecified atom stereocenters. The summed E-state index contributed by atoms with van der Waals surface area (Å²) in [5.41, 5.74) is 1.37. The first-order chi connectivity index (χ1) is 9.29. The normalized spacial score (nSPS) is 22.5. The third-order valence-electron chi connectivity index (χ3n) is 3.79. The predicted octanol–water partition coefficient (Wildman–Crippen LogP) is 1.14. The summed E-state index contributed by atoms with van der Waals surface area (Å²) < 4.78 is 14.3. The number of rotatable bonds is 3. The molecule has 2 heterocycles. The van der Waals surface area contributed by atoms with E-state index in [-0.39, 0.29) is 18.5 Å². The van der Waals surface area contributed by atoms with Crippen LogP contribution in [0.1, 0.15) is 18.4 Å². The van der Waals surface area contributed by atoms with Crippen LogP contribution in [0.5, 0.6) is 0 Å². The number of aliphatic hydroxyl groups excluding tert-OH is 1. The minimum Gasteiger partial charge on any atom is -0.394 e. The maximum atomic E-state index is 14.3. The molecule has 0 saturated carbocycles. The van der Waals surface area contributed by atoms with Gasteiger partial charge < -0.3 is 15.3 Å². The Bertz CT molecular complexity index is 503. The van der Waals surface area contributed by atoms with E-state index in [1.54, 1.807) is 6.07 Å². The van der Waals surface area contributed by atoms with Gasteiger partial charge in [0, 0.05) is 18.7 Å². The smallest absolute Gasteiger partial charge is 0.147 e. The van der Waals surface area contributed by atoms with Crippen LogP contribution in [0.3, 0.4) is 0 Å². The van der Waals surface area contributed by atoms with Crippen molar-refractivity contribution in [2.45, 2.75) is 18.9 Å². The number of hydrogen-bond donors (Lipinski definition) is 2. The summed E-state index contributed by atoms with van der Waals surface area (Å²) in [6.07, 6.45) is 1.92. The molecule has 2 N–H and O–H groups in total. The Labute approximate surface area is 112 Å². The number of halogens is 1. The van der Waals surface area contributed by atoms with Gasteiger partial charge in [0.25, 0.3) is 0 Å². The van der Waals surface area contributed by atoms with Crippen LogP contribution in [-0.2, 0) is 0 Å². The molecule has 1 aromatic rings. The Kier molecular flexibility index (Phi) is 3.38. The van der Waals surface area contributed by atoms with Crippen LogP contribution in [0.2, 0.25) is 0 Å². The number of benzene rings is 1. The van der Waals surface area contributed by atoms with Gasteiger partial charge in [0.1, 0.15) is 11.7 Å². The zero-order valence-electron chi connectivity index (χ0n) is 10.8. The molecule has 1 atom stereocenters. The molecule has 0 aliphatic carbocycles. The Morgan fingerprint density at radius 2 is 2.37 bits per heavy atom. The van der Waals surface area contributed by atoms with Crippen molar-refractivity contribution in [3.63, 3.8) is 0 Å². The largest absolute Gasteiger partial charge is 0.394 e. The van der Waals surface area contributed by atoms with E-state index in [4.69, 9.17) is 0 Å². The molecule has 2 aliphatic rings. The van der Waals surface area contributed by atoms with Crippen LogP contribution >= 0.6 is 0 Å². The van der Waals surface area contributed by atoms with Crippen molar-refractivity contribution in [3.05, 3.63) is 29.6 Å². The van der Waals surface area contributed by atoms with Crippen molar-refractivity contribution < 1.29 is 9.50 Å². The summed E-state index contributed by atoms with van der Waals surface area (Å²) in [5.74, 6) is 0.528. The van der Waals surface area contributed by atoms with Gasteiger partial charge in [-0.3, -0.25) is 4.99 Å². The highest BCUT2D eigenvalue weighted by atomic mass is 19.1. The van der Waals surface area contributed by atoms with Crippen LogP contribution in [0.15, 0.2) is 23.2 Å². The molecule has 4 nitrogen and oxygen atoms in total. The van der Waals surface area contributed by atoms with E-state index in [2.05, 4.69) is 10.3 Å². The number of hydrogen-bond acceptors (Lipinski definition) is 4. The molecule has 2 aliphatic heterocycles. The lowest BCUT2D eigenvalue weighted by Crippen LogP contribution is -2.32. The molecule has 0 spiro atoms. The molecule has 3 rings (SSSR count). The van der Waals surface area contributed by atoms with Gasteiger partial charge >= 0.3 is 0 Å². The molecule has 1 fully saturated rings. The minimum atomic E-state index is -0.241. The van der Waals surface area contributed by atoms with Gasteiger partial charge in [-0.2, -0.15) is 0 Å². The van der Waals surface area contributed by atoms with E-state index in [0.717, 1.165) is 43.9 Å². The summed E-state index contributed by atoms with van der Waals surface area (Å²) in [6.45, 7) is 2.45. The van der Waals surface area contributed by atoms with E-state index in [1.807, 2.05) is 11.0 Å². The lowest BCUT2D eigenvalue weighted by atomic mass is 10.1. The van der Waals surface area contributed by atoms with E-state index in [0.29, 0.717) is 5.69 Å². The fourth-order valence-electron chi connectivity index (χ4n) is 2.82. The molecule has 0 aromatic heterocycles. The number of nitrogens with zero attached hydrogens (tertiary/aromatic N) is 2. The Morgan fingerprint density at radius 3 is 3.05 bits per heavy atom. The predicted molar refractivity (Wildman–Crippen MR) is 73.3 cm³/mol. The quantitative estimate of drug-likeness (QED) is 0.859. The molecule has 0 radical (unpaired) electrons. The SMILES string of the molecule is OCC1CCCN1c1ccc(C2=NCCN2)cc1F. The highest BCUT2D eigenvalue weighted by molar-refractivity contribution is 6.00. The number of anilines is 1. The fourth-order valence-corrected chi connectivity index (χ4v) is 2.82. The van der Waals surface area contributed by atoms with Gasteiger partial charge in [-0.15, -0.1) is 0 Å². The molecule has 5 heteroatoms. The molecule has 0 bridgehead atoms. The van der Waals surface area contributed by atoms with E-state index in [1.165, 1.54) is 6.07 Å². The molecule has 102 valence electrons. The zero-order chi connectivity index (χ0) is 13.2. The van der Waals surface area contributed by atoms with E-state index < -0.39 is 0 Å². The Morgan fingerprint density at radius 1 is 1.47 bits per heavy atom. The van der Waals surface area contributed by atoms with Crippen LogP contribution in [-0.4, -0.2) is 43.2 Å². The standard InChI is InChI=1S/C14H18FN3O/c15-12-8-10(14-16-5-6-17-14)3-4-13(12)18-7-1-2-11(18)9-19/h3-4,8,11,19H,1-2,5-7,9H2,(H,16,17). The lowest BCUT2D eigenvalue weighted by Gasteiger charge is -2.25. The summed E-state index contributed by atoms with van der Waals surface area (Å²) in [5, 5.41) is 12.5. The lowest BCUT2D eigenvalue weighted by molar-refractivity contribution is 0.266. The van der Waals surface area contributed by atoms with Crippen molar-refractivity contribution >= 4 is 11.5 Å². The third-order valence-corrected chi connectivity index (χ3v) is 3.79. The van der Waals surface area contributed by atoms with E-state index in [9.17, 15) is 9.50 Å². The highest BCUT2D eigenvalue weighted by Gasteiger charge is 2.26. The monoisotopic (exact) mass is 263 g/mol. The van der Waals surface area contributed by atoms with Crippen molar-refractivity contribution in [1.82, 2.24) is 5.32 Å². The summed E-state index contributed by atoms with van der Waals surface area (Å²) in [4.78, 5) is 6.25. The number of aliphatic hydroxyl groups is 1. The Balaban J connectivity index is 1.87. The van der Waals surface area contributed by atoms with Gasteiger partial charge in [0.2, 0.25) is 0 Å². The summed E-state index contributed by atoms with van der Waals surface area (Å²) in [7, 11) is 0. The molecular weight excluding hydrogens is 245 g/mol. The first kappa shape index (κ1) is 12.4. The van der Waals surface area contributed by atoms with Crippen molar-refractivity contribution in [1.29, 1.82) is 0 Å². The highest BCUT2D eigenvalue weighted by Crippen LogP contribution is 2.28. The van der Waals surface area contributed by atoms with Crippen LogP contribution in [0, 0.1) is 5.82 Å². The first-order valence-electron chi connectivity index (χ1n) is 6.75. The van der Waals surface area contributed by atoms with Crippen molar-refractivity contribution in [2.24, 2.45) is 4.99 Å². The van der Waals surface area contributed by atoms with Gasteiger partial charge in [-0.25, -0.2) is 4.39 Å². The van der Waals surface area contributed by atoms with Crippen molar-refractivity contribution in [2.75, 3.05) is 31.1 Å². The van der Waals surface area contributed by atoms with Crippen LogP contribution < -0.4 is 10.2 Å². The average Bonchev–Trinajstić information content (AvgIpc) is 3.09. The Hall–Kier alpha value is -1.62. The topological polar surface area (TPSA) is 47.9 Å². The number of amidine groups is 1. The summed E-state index contributed by atoms with van der Waals surface area (Å²) in [6, 6.07) is 5.25.